The van der Waals surface area contributed by atoms with Crippen molar-refractivity contribution >= 4 is 11.7 Å². The zero-order chi connectivity index (χ0) is 13.7. The van der Waals surface area contributed by atoms with Crippen LogP contribution in [0.1, 0.15) is 36.5 Å². The molecule has 102 valence electrons. The first-order chi connectivity index (χ1) is 9.20. The molecule has 0 aromatic heterocycles. The highest BCUT2D eigenvalue weighted by Gasteiger charge is 2.22. The largest absolute Gasteiger partial charge is 0.494 e. The number of piperidine rings is 1. The molecule has 1 fully saturated rings. The molecular formula is C15H19NO3. The molecule has 1 aliphatic rings. The fourth-order valence-electron chi connectivity index (χ4n) is 2.13. The Hall–Kier alpha value is -1.84. The lowest BCUT2D eigenvalue weighted by Gasteiger charge is -2.25. The van der Waals surface area contributed by atoms with Gasteiger partial charge in [-0.2, -0.15) is 0 Å². The smallest absolute Gasteiger partial charge is 0.254 e. The number of Topliss-reactive ketones (excluding diaryl/α,β-unsaturated/α-hetero) is 1. The average molecular weight is 261 g/mol. The zero-order valence-electron chi connectivity index (χ0n) is 11.2. The number of hydrogen-bond donors (Lipinski definition) is 0. The number of carbonyl (C=O) groups is 2. The quantitative estimate of drug-likeness (QED) is 0.835. The number of rotatable bonds is 4. The molecule has 1 aliphatic heterocycles. The maximum atomic E-state index is 12.3. The number of ketones is 1. The minimum Gasteiger partial charge on any atom is -0.494 e. The Morgan fingerprint density at radius 3 is 3.00 bits per heavy atom. The third-order valence-corrected chi connectivity index (χ3v) is 3.09. The Bertz CT molecular complexity index is 470. The SMILES string of the molecule is CCCOc1cccc(C(=O)N2CCCC(=O)C2)c1. The van der Waals surface area contributed by atoms with Crippen LogP contribution < -0.4 is 4.74 Å². The summed E-state index contributed by atoms with van der Waals surface area (Å²) in [4.78, 5) is 25.3. The number of benzene rings is 1. The molecule has 0 bridgehead atoms. The highest BCUT2D eigenvalue weighted by molar-refractivity contribution is 5.97. The van der Waals surface area contributed by atoms with Gasteiger partial charge in [0, 0.05) is 18.5 Å². The topological polar surface area (TPSA) is 46.6 Å². The van der Waals surface area contributed by atoms with E-state index < -0.39 is 0 Å². The third-order valence-electron chi connectivity index (χ3n) is 3.09. The van der Waals surface area contributed by atoms with Crippen molar-refractivity contribution in [2.75, 3.05) is 19.7 Å². The van der Waals surface area contributed by atoms with E-state index in [-0.39, 0.29) is 18.2 Å². The summed E-state index contributed by atoms with van der Waals surface area (Å²) in [5, 5.41) is 0. The second-order valence-electron chi connectivity index (χ2n) is 4.75. The predicted molar refractivity (Wildman–Crippen MR) is 72.4 cm³/mol. The van der Waals surface area contributed by atoms with Crippen LogP contribution in [0.5, 0.6) is 5.75 Å². The summed E-state index contributed by atoms with van der Waals surface area (Å²) < 4.78 is 5.52. The number of ether oxygens (including phenoxy) is 1. The number of carbonyl (C=O) groups excluding carboxylic acids is 2. The van der Waals surface area contributed by atoms with E-state index in [4.69, 9.17) is 4.74 Å². The Kier molecular flexibility index (Phi) is 4.55. The molecule has 4 heteroatoms. The van der Waals surface area contributed by atoms with Gasteiger partial charge in [0.15, 0.2) is 5.78 Å². The lowest BCUT2D eigenvalue weighted by atomic mass is 10.1. The Balaban J connectivity index is 2.07. The lowest BCUT2D eigenvalue weighted by Crippen LogP contribution is -2.40. The molecule has 0 radical (unpaired) electrons. The monoisotopic (exact) mass is 261 g/mol. The van der Waals surface area contributed by atoms with Crippen LogP contribution in [0.15, 0.2) is 24.3 Å². The van der Waals surface area contributed by atoms with Crippen LogP contribution in [-0.4, -0.2) is 36.3 Å². The van der Waals surface area contributed by atoms with Gasteiger partial charge in [-0.3, -0.25) is 9.59 Å². The van der Waals surface area contributed by atoms with Gasteiger partial charge >= 0.3 is 0 Å². The minimum atomic E-state index is -0.0880. The molecule has 2 rings (SSSR count). The molecular weight excluding hydrogens is 242 g/mol. The van der Waals surface area contributed by atoms with Gasteiger partial charge in [-0.25, -0.2) is 0 Å². The van der Waals surface area contributed by atoms with Crippen molar-refractivity contribution < 1.29 is 14.3 Å². The standard InChI is InChI=1S/C15H19NO3/c1-2-9-19-14-7-3-5-12(10-14)15(18)16-8-4-6-13(17)11-16/h3,5,7,10H,2,4,6,8-9,11H2,1H3. The van der Waals surface area contributed by atoms with Gasteiger partial charge in [0.2, 0.25) is 0 Å². The van der Waals surface area contributed by atoms with Crippen LogP contribution in [0.4, 0.5) is 0 Å². The molecule has 0 spiro atoms. The van der Waals surface area contributed by atoms with Crippen molar-refractivity contribution in [2.45, 2.75) is 26.2 Å². The van der Waals surface area contributed by atoms with Crippen molar-refractivity contribution in [3.63, 3.8) is 0 Å². The molecule has 1 amide bonds. The molecule has 4 nitrogen and oxygen atoms in total. The fourth-order valence-corrected chi connectivity index (χ4v) is 2.13. The number of amides is 1. The van der Waals surface area contributed by atoms with Gasteiger partial charge in [0.25, 0.3) is 5.91 Å². The fraction of sp³-hybridized carbons (Fsp3) is 0.467. The van der Waals surface area contributed by atoms with E-state index in [1.54, 1.807) is 17.0 Å². The van der Waals surface area contributed by atoms with Gasteiger partial charge in [-0.15, -0.1) is 0 Å². The van der Waals surface area contributed by atoms with E-state index in [1.807, 2.05) is 19.1 Å². The highest BCUT2D eigenvalue weighted by Crippen LogP contribution is 2.17. The molecule has 0 atom stereocenters. The summed E-state index contributed by atoms with van der Waals surface area (Å²) in [6, 6.07) is 7.16. The number of nitrogens with zero attached hydrogens (tertiary/aromatic N) is 1. The molecule has 19 heavy (non-hydrogen) atoms. The van der Waals surface area contributed by atoms with Crippen LogP contribution >= 0.6 is 0 Å². The summed E-state index contributed by atoms with van der Waals surface area (Å²) in [5.41, 5.74) is 0.586. The van der Waals surface area contributed by atoms with Crippen LogP contribution in [0.3, 0.4) is 0 Å². The zero-order valence-corrected chi connectivity index (χ0v) is 11.2. The van der Waals surface area contributed by atoms with E-state index >= 15 is 0 Å². The van der Waals surface area contributed by atoms with Crippen molar-refractivity contribution in [1.82, 2.24) is 4.90 Å². The maximum Gasteiger partial charge on any atom is 0.254 e. The van der Waals surface area contributed by atoms with Gasteiger partial charge in [-0.1, -0.05) is 13.0 Å². The summed E-state index contributed by atoms with van der Waals surface area (Å²) >= 11 is 0. The van der Waals surface area contributed by atoms with Crippen LogP contribution in [-0.2, 0) is 4.79 Å². The maximum absolute atomic E-state index is 12.3. The van der Waals surface area contributed by atoms with Crippen LogP contribution in [0.25, 0.3) is 0 Å². The van der Waals surface area contributed by atoms with E-state index in [2.05, 4.69) is 0 Å². The van der Waals surface area contributed by atoms with E-state index in [9.17, 15) is 9.59 Å². The summed E-state index contributed by atoms with van der Waals surface area (Å²) in [5.74, 6) is 0.754. The normalized spacial score (nSPS) is 15.4. The van der Waals surface area contributed by atoms with Crippen molar-refractivity contribution in [2.24, 2.45) is 0 Å². The third kappa shape index (κ3) is 3.56. The van der Waals surface area contributed by atoms with E-state index in [1.165, 1.54) is 0 Å². The van der Waals surface area contributed by atoms with Crippen molar-refractivity contribution in [1.29, 1.82) is 0 Å². The molecule has 1 aromatic carbocycles. The molecule has 0 saturated carbocycles. The van der Waals surface area contributed by atoms with Crippen molar-refractivity contribution in [3.8, 4) is 5.75 Å². The summed E-state index contributed by atoms with van der Waals surface area (Å²) in [6.07, 6.45) is 2.28. The van der Waals surface area contributed by atoms with Gasteiger partial charge in [0.05, 0.1) is 13.2 Å². The molecule has 0 aliphatic carbocycles. The summed E-state index contributed by atoms with van der Waals surface area (Å²) in [7, 11) is 0. The van der Waals surface area contributed by atoms with E-state index in [0.717, 1.165) is 12.8 Å². The Morgan fingerprint density at radius 2 is 2.26 bits per heavy atom. The summed E-state index contributed by atoms with van der Waals surface area (Å²) in [6.45, 7) is 3.57. The van der Waals surface area contributed by atoms with Gasteiger partial charge in [0.1, 0.15) is 5.75 Å². The van der Waals surface area contributed by atoms with Crippen molar-refractivity contribution in [3.05, 3.63) is 29.8 Å². The second-order valence-corrected chi connectivity index (χ2v) is 4.75. The average Bonchev–Trinajstić information content (AvgIpc) is 2.44. The van der Waals surface area contributed by atoms with Crippen LogP contribution in [0, 0.1) is 0 Å². The lowest BCUT2D eigenvalue weighted by molar-refractivity contribution is -0.121. The Morgan fingerprint density at radius 1 is 1.42 bits per heavy atom. The number of hydrogen-bond acceptors (Lipinski definition) is 3. The van der Waals surface area contributed by atoms with Crippen LogP contribution in [0.2, 0.25) is 0 Å². The molecule has 0 unspecified atom stereocenters. The second kappa shape index (κ2) is 6.36. The van der Waals surface area contributed by atoms with E-state index in [0.29, 0.717) is 30.9 Å². The first-order valence-electron chi connectivity index (χ1n) is 6.74. The number of likely N-dealkylation sites (tertiary alicyclic amines) is 1. The predicted octanol–water partition coefficient (Wildman–Crippen LogP) is 2.28. The molecule has 1 heterocycles. The Labute approximate surface area is 113 Å². The highest BCUT2D eigenvalue weighted by atomic mass is 16.5. The minimum absolute atomic E-state index is 0.0880. The van der Waals surface area contributed by atoms with Gasteiger partial charge < -0.3 is 9.64 Å². The molecule has 1 aromatic rings. The molecule has 1 saturated heterocycles. The molecule has 0 N–H and O–H groups in total. The first kappa shape index (κ1) is 13.6. The first-order valence-corrected chi connectivity index (χ1v) is 6.74. The van der Waals surface area contributed by atoms with Gasteiger partial charge in [-0.05, 0) is 31.0 Å².